The molecule has 2 N–H and O–H groups in total. The van der Waals surface area contributed by atoms with E-state index in [4.69, 9.17) is 0 Å². The van der Waals surface area contributed by atoms with Crippen LogP contribution in [0.3, 0.4) is 0 Å². The van der Waals surface area contributed by atoms with Crippen molar-refractivity contribution in [1.29, 1.82) is 0 Å². The molecule has 112 valence electrons. The summed E-state index contributed by atoms with van der Waals surface area (Å²) in [6.45, 7) is 2.06. The molecule has 3 rings (SSSR count). The van der Waals surface area contributed by atoms with Crippen molar-refractivity contribution in [2.45, 2.75) is 19.8 Å². The van der Waals surface area contributed by atoms with Gasteiger partial charge in [-0.3, -0.25) is 0 Å². The van der Waals surface area contributed by atoms with Crippen molar-refractivity contribution in [2.24, 2.45) is 0 Å². The van der Waals surface area contributed by atoms with Gasteiger partial charge >= 0.3 is 5.69 Å². The van der Waals surface area contributed by atoms with Crippen molar-refractivity contribution in [3.8, 4) is 11.4 Å². The fourth-order valence-corrected chi connectivity index (χ4v) is 2.52. The van der Waals surface area contributed by atoms with Crippen molar-refractivity contribution < 1.29 is 5.11 Å². The average Bonchev–Trinajstić information content (AvgIpc) is 2.90. The largest absolute Gasteiger partial charge is 0.508 e. The van der Waals surface area contributed by atoms with Crippen molar-refractivity contribution >= 4 is 0 Å². The SMILES string of the molecule is CCc1ccccc1-n1c(Cc2ccc(O)cc2)n[nH]c1=O. The Balaban J connectivity index is 2.04. The highest BCUT2D eigenvalue weighted by molar-refractivity contribution is 5.42. The molecule has 0 aliphatic rings. The van der Waals surface area contributed by atoms with E-state index in [0.717, 1.165) is 23.2 Å². The van der Waals surface area contributed by atoms with Crippen molar-refractivity contribution in [3.05, 3.63) is 76.0 Å². The summed E-state index contributed by atoms with van der Waals surface area (Å²) in [4.78, 5) is 12.2. The Morgan fingerprint density at radius 3 is 2.59 bits per heavy atom. The number of aromatic amines is 1. The predicted molar refractivity (Wildman–Crippen MR) is 84.5 cm³/mol. The average molecular weight is 295 g/mol. The lowest BCUT2D eigenvalue weighted by Gasteiger charge is -2.10. The van der Waals surface area contributed by atoms with Crippen LogP contribution in [0, 0.1) is 0 Å². The topological polar surface area (TPSA) is 70.9 Å². The summed E-state index contributed by atoms with van der Waals surface area (Å²) in [5.41, 5.74) is 2.69. The second-order valence-electron chi connectivity index (χ2n) is 5.11. The molecule has 0 saturated heterocycles. The number of aromatic nitrogens is 3. The second-order valence-corrected chi connectivity index (χ2v) is 5.11. The van der Waals surface area contributed by atoms with Crippen LogP contribution in [0.1, 0.15) is 23.9 Å². The van der Waals surface area contributed by atoms with E-state index >= 15 is 0 Å². The number of benzene rings is 2. The number of para-hydroxylation sites is 1. The Hall–Kier alpha value is -2.82. The molecule has 3 aromatic rings. The monoisotopic (exact) mass is 295 g/mol. The summed E-state index contributed by atoms with van der Waals surface area (Å²) in [6.07, 6.45) is 1.35. The van der Waals surface area contributed by atoms with Crippen LogP contribution >= 0.6 is 0 Å². The van der Waals surface area contributed by atoms with Crippen molar-refractivity contribution in [2.75, 3.05) is 0 Å². The number of phenols is 1. The molecule has 0 aliphatic carbocycles. The molecule has 1 heterocycles. The smallest absolute Gasteiger partial charge is 0.347 e. The summed E-state index contributed by atoms with van der Waals surface area (Å²) in [5, 5.41) is 16.0. The predicted octanol–water partition coefficient (Wildman–Crippen LogP) is 2.42. The van der Waals surface area contributed by atoms with Gasteiger partial charge in [-0.05, 0) is 35.7 Å². The Morgan fingerprint density at radius 1 is 1.14 bits per heavy atom. The minimum Gasteiger partial charge on any atom is -0.508 e. The summed E-state index contributed by atoms with van der Waals surface area (Å²) in [5.74, 6) is 0.871. The van der Waals surface area contributed by atoms with Gasteiger partial charge in [0, 0.05) is 6.42 Å². The molecule has 0 atom stereocenters. The van der Waals surface area contributed by atoms with Crippen LogP contribution < -0.4 is 5.69 Å². The molecule has 1 aromatic heterocycles. The number of phenolic OH excluding ortho intramolecular Hbond substituents is 1. The first-order valence-corrected chi connectivity index (χ1v) is 7.21. The highest BCUT2D eigenvalue weighted by Gasteiger charge is 2.13. The molecule has 0 radical (unpaired) electrons. The minimum atomic E-state index is -0.241. The molecular weight excluding hydrogens is 278 g/mol. The van der Waals surface area contributed by atoms with Crippen LogP contribution in [0.2, 0.25) is 0 Å². The lowest BCUT2D eigenvalue weighted by molar-refractivity contribution is 0.475. The molecule has 2 aromatic carbocycles. The Labute approximate surface area is 127 Å². The van der Waals surface area contributed by atoms with Gasteiger partial charge in [0.05, 0.1) is 5.69 Å². The van der Waals surface area contributed by atoms with E-state index in [1.54, 1.807) is 16.7 Å². The third-order valence-electron chi connectivity index (χ3n) is 3.65. The highest BCUT2D eigenvalue weighted by atomic mass is 16.3. The quantitative estimate of drug-likeness (QED) is 0.776. The van der Waals surface area contributed by atoms with Crippen LogP contribution in [-0.2, 0) is 12.8 Å². The lowest BCUT2D eigenvalue weighted by atomic mass is 10.1. The maximum Gasteiger partial charge on any atom is 0.347 e. The maximum absolute atomic E-state index is 12.2. The van der Waals surface area contributed by atoms with Crippen LogP contribution in [0.15, 0.2) is 53.3 Å². The number of aryl methyl sites for hydroxylation is 1. The normalized spacial score (nSPS) is 10.8. The van der Waals surface area contributed by atoms with Gasteiger partial charge in [-0.15, -0.1) is 0 Å². The Morgan fingerprint density at radius 2 is 1.86 bits per heavy atom. The molecule has 0 fully saturated rings. The van der Waals surface area contributed by atoms with E-state index < -0.39 is 0 Å². The summed E-state index contributed by atoms with van der Waals surface area (Å²) >= 11 is 0. The number of H-pyrrole nitrogens is 1. The fourth-order valence-electron chi connectivity index (χ4n) is 2.52. The number of rotatable bonds is 4. The highest BCUT2D eigenvalue weighted by Crippen LogP contribution is 2.17. The first-order chi connectivity index (χ1) is 10.7. The summed E-state index contributed by atoms with van der Waals surface area (Å²) in [7, 11) is 0. The van der Waals surface area contributed by atoms with Gasteiger partial charge in [-0.1, -0.05) is 37.3 Å². The van der Waals surface area contributed by atoms with Crippen LogP contribution in [0.25, 0.3) is 5.69 Å². The molecule has 0 saturated carbocycles. The number of hydrogen-bond acceptors (Lipinski definition) is 3. The molecule has 0 unspecified atom stereocenters. The zero-order valence-corrected chi connectivity index (χ0v) is 12.3. The molecule has 5 nitrogen and oxygen atoms in total. The standard InChI is InChI=1S/C17H17N3O2/c1-2-13-5-3-4-6-15(13)20-16(18-19-17(20)22)11-12-7-9-14(21)10-8-12/h3-10,21H,2,11H2,1H3,(H,19,22). The van der Waals surface area contributed by atoms with Crippen molar-refractivity contribution in [3.63, 3.8) is 0 Å². The first-order valence-electron chi connectivity index (χ1n) is 7.21. The lowest BCUT2D eigenvalue weighted by Crippen LogP contribution is -2.18. The number of hydrogen-bond donors (Lipinski definition) is 2. The second kappa shape index (κ2) is 5.89. The molecule has 0 bridgehead atoms. The third kappa shape index (κ3) is 2.65. The van der Waals surface area contributed by atoms with E-state index in [1.807, 2.05) is 36.4 Å². The summed E-state index contributed by atoms with van der Waals surface area (Å²) in [6, 6.07) is 14.7. The van der Waals surface area contributed by atoms with Gasteiger partial charge in [0.1, 0.15) is 11.6 Å². The van der Waals surface area contributed by atoms with E-state index in [-0.39, 0.29) is 11.4 Å². The first kappa shape index (κ1) is 14.1. The minimum absolute atomic E-state index is 0.222. The van der Waals surface area contributed by atoms with Crippen LogP contribution in [0.5, 0.6) is 5.75 Å². The van der Waals surface area contributed by atoms with Gasteiger partial charge in [0.2, 0.25) is 0 Å². The fraction of sp³-hybridized carbons (Fsp3) is 0.176. The number of aromatic hydroxyl groups is 1. The van der Waals surface area contributed by atoms with Gasteiger partial charge in [0.25, 0.3) is 0 Å². The molecule has 5 heteroatoms. The van der Waals surface area contributed by atoms with Gasteiger partial charge < -0.3 is 5.11 Å². The number of nitrogens with one attached hydrogen (secondary N) is 1. The van der Waals surface area contributed by atoms with Gasteiger partial charge in [0.15, 0.2) is 0 Å². The van der Waals surface area contributed by atoms with Crippen LogP contribution in [0.4, 0.5) is 0 Å². The maximum atomic E-state index is 12.2. The molecular formula is C17H17N3O2. The molecule has 0 aliphatic heterocycles. The Kier molecular flexibility index (Phi) is 3.78. The van der Waals surface area contributed by atoms with E-state index in [0.29, 0.717) is 12.2 Å². The Bertz CT molecular complexity index is 832. The number of nitrogens with zero attached hydrogens (tertiary/aromatic N) is 2. The van der Waals surface area contributed by atoms with Gasteiger partial charge in [-0.2, -0.15) is 5.10 Å². The molecule has 22 heavy (non-hydrogen) atoms. The molecule has 0 spiro atoms. The van der Waals surface area contributed by atoms with Gasteiger partial charge in [-0.25, -0.2) is 14.5 Å². The molecule has 0 amide bonds. The van der Waals surface area contributed by atoms with E-state index in [1.165, 1.54) is 0 Å². The summed E-state index contributed by atoms with van der Waals surface area (Å²) < 4.78 is 1.62. The zero-order valence-electron chi connectivity index (χ0n) is 12.3. The van der Waals surface area contributed by atoms with Crippen molar-refractivity contribution in [1.82, 2.24) is 14.8 Å². The third-order valence-corrected chi connectivity index (χ3v) is 3.65. The van der Waals surface area contributed by atoms with E-state index in [9.17, 15) is 9.90 Å². The van der Waals surface area contributed by atoms with E-state index in [2.05, 4.69) is 17.1 Å². The zero-order chi connectivity index (χ0) is 15.5. The van der Waals surface area contributed by atoms with Crippen LogP contribution in [-0.4, -0.2) is 19.9 Å².